The van der Waals surface area contributed by atoms with Crippen molar-refractivity contribution in [1.82, 2.24) is 0 Å². The van der Waals surface area contributed by atoms with Gasteiger partial charge in [-0.2, -0.15) is 0 Å². The Labute approximate surface area is 395 Å². The molecule has 0 amide bonds. The molecule has 0 saturated heterocycles. The molecule has 0 rings (SSSR count). The zero-order chi connectivity index (χ0) is 47.2. The summed E-state index contributed by atoms with van der Waals surface area (Å²) in [7, 11) is 0. The van der Waals surface area contributed by atoms with Gasteiger partial charge in [0.1, 0.15) is 13.2 Å². The third-order valence-electron chi connectivity index (χ3n) is 8.99. The molecule has 0 N–H and O–H groups in total. The van der Waals surface area contributed by atoms with Gasteiger partial charge in [-0.25, -0.2) is 0 Å². The van der Waals surface area contributed by atoms with Crippen LogP contribution in [0, 0.1) is 0 Å². The van der Waals surface area contributed by atoms with Crippen LogP contribution in [-0.4, -0.2) is 37.2 Å². The summed E-state index contributed by atoms with van der Waals surface area (Å²) in [4.78, 5) is 37.9. The van der Waals surface area contributed by atoms with Crippen molar-refractivity contribution in [2.75, 3.05) is 13.2 Å². The molecule has 1 unspecified atom stereocenters. The summed E-state index contributed by atoms with van der Waals surface area (Å²) in [5.74, 6) is -1.09. The minimum Gasteiger partial charge on any atom is -0.462 e. The summed E-state index contributed by atoms with van der Waals surface area (Å²) >= 11 is 0. The van der Waals surface area contributed by atoms with Gasteiger partial charge in [0.15, 0.2) is 6.10 Å². The van der Waals surface area contributed by atoms with Gasteiger partial charge in [0.05, 0.1) is 0 Å². The molecule has 0 aromatic carbocycles. The monoisotopic (exact) mass is 887 g/mol. The van der Waals surface area contributed by atoms with Gasteiger partial charge in [0.2, 0.25) is 0 Å². The molecule has 0 radical (unpaired) electrons. The second-order valence-electron chi connectivity index (χ2n) is 14.9. The van der Waals surface area contributed by atoms with Crippen molar-refractivity contribution in [3.63, 3.8) is 0 Å². The molecule has 0 aliphatic heterocycles. The summed E-state index contributed by atoms with van der Waals surface area (Å²) in [6.45, 7) is 6.04. The second kappa shape index (κ2) is 50.9. The molecule has 1 atom stereocenters. The van der Waals surface area contributed by atoms with Crippen molar-refractivity contribution < 1.29 is 28.6 Å². The molecule has 0 bridgehead atoms. The SMILES string of the molecule is CC\C=C/C=C\C=C/C=C\C=C/CCCCCC(=O)OC(COC(=O)CCCCC\C=C/C=C\C=C/C=C\CC)COC(=O)CCCCC\C=C/C=C\C=C\C=C/C=C\C=C/C=C\CC. The Bertz CT molecular complexity index is 1680. The maximum absolute atomic E-state index is 12.8. The lowest BCUT2D eigenvalue weighted by Gasteiger charge is -2.18. The number of hydrogen-bond donors (Lipinski definition) is 0. The summed E-state index contributed by atoms with van der Waals surface area (Å²) in [5.41, 5.74) is 0. The fraction of sp³-hybridized carbons (Fsp3) is 0.407. The van der Waals surface area contributed by atoms with Gasteiger partial charge < -0.3 is 14.2 Å². The first-order valence-corrected chi connectivity index (χ1v) is 24.2. The molecule has 354 valence electrons. The van der Waals surface area contributed by atoms with Gasteiger partial charge in [0, 0.05) is 19.3 Å². The molecule has 0 heterocycles. The molecule has 0 spiro atoms. The van der Waals surface area contributed by atoms with Gasteiger partial charge in [-0.1, -0.05) is 234 Å². The Balaban J connectivity index is 4.69. The van der Waals surface area contributed by atoms with Crippen molar-refractivity contribution in [3.05, 3.63) is 194 Å². The van der Waals surface area contributed by atoms with Crippen LogP contribution in [-0.2, 0) is 28.6 Å². The molecule has 0 aliphatic rings. The summed E-state index contributed by atoms with van der Waals surface area (Å²) in [6, 6.07) is 0. The van der Waals surface area contributed by atoms with Gasteiger partial charge >= 0.3 is 17.9 Å². The number of hydrogen-bond acceptors (Lipinski definition) is 6. The number of carbonyl (C=O) groups excluding carboxylic acids is 3. The van der Waals surface area contributed by atoms with Crippen molar-refractivity contribution in [2.45, 2.75) is 142 Å². The average Bonchev–Trinajstić information content (AvgIpc) is 3.30. The van der Waals surface area contributed by atoms with E-state index in [1.54, 1.807) is 0 Å². The Morgan fingerprint density at radius 3 is 0.831 bits per heavy atom. The lowest BCUT2D eigenvalue weighted by molar-refractivity contribution is -0.167. The van der Waals surface area contributed by atoms with Crippen LogP contribution in [0.1, 0.15) is 136 Å². The first-order chi connectivity index (χ1) is 32.0. The molecule has 0 aliphatic carbocycles. The van der Waals surface area contributed by atoms with E-state index in [0.29, 0.717) is 19.3 Å². The van der Waals surface area contributed by atoms with Crippen molar-refractivity contribution in [1.29, 1.82) is 0 Å². The molecule has 6 heteroatoms. The quantitative estimate of drug-likeness (QED) is 0.0265. The van der Waals surface area contributed by atoms with Crippen molar-refractivity contribution in [3.8, 4) is 0 Å². The molecular formula is C59H82O6. The maximum atomic E-state index is 12.8. The normalized spacial score (nSPS) is 13.8. The second-order valence-corrected chi connectivity index (χ2v) is 14.9. The Morgan fingerprint density at radius 2 is 0.554 bits per heavy atom. The zero-order valence-electron chi connectivity index (χ0n) is 40.1. The Morgan fingerprint density at radius 1 is 0.308 bits per heavy atom. The van der Waals surface area contributed by atoms with Crippen LogP contribution in [0.15, 0.2) is 194 Å². The lowest BCUT2D eigenvalue weighted by atomic mass is 10.1. The highest BCUT2D eigenvalue weighted by Crippen LogP contribution is 2.10. The van der Waals surface area contributed by atoms with Crippen molar-refractivity contribution in [2.24, 2.45) is 0 Å². The van der Waals surface area contributed by atoms with Crippen molar-refractivity contribution >= 4 is 17.9 Å². The predicted octanol–water partition coefficient (Wildman–Crippen LogP) is 16.0. The van der Waals surface area contributed by atoms with Crippen LogP contribution in [0.2, 0.25) is 0 Å². The molecule has 6 nitrogen and oxygen atoms in total. The Hall–Kier alpha value is -5.75. The lowest BCUT2D eigenvalue weighted by Crippen LogP contribution is -2.30. The van der Waals surface area contributed by atoms with E-state index in [2.05, 4.69) is 57.2 Å². The number of rotatable bonds is 39. The van der Waals surface area contributed by atoms with Crippen LogP contribution >= 0.6 is 0 Å². The summed E-state index contributed by atoms with van der Waals surface area (Å²) < 4.78 is 16.6. The molecule has 65 heavy (non-hydrogen) atoms. The van der Waals surface area contributed by atoms with E-state index >= 15 is 0 Å². The number of unbranched alkanes of at least 4 members (excludes halogenated alkanes) is 9. The predicted molar refractivity (Wildman–Crippen MR) is 278 cm³/mol. The van der Waals surface area contributed by atoms with E-state index in [1.165, 1.54) is 0 Å². The van der Waals surface area contributed by atoms with E-state index in [0.717, 1.165) is 77.0 Å². The van der Waals surface area contributed by atoms with Crippen LogP contribution < -0.4 is 0 Å². The third-order valence-corrected chi connectivity index (χ3v) is 8.99. The van der Waals surface area contributed by atoms with Gasteiger partial charge in [-0.15, -0.1) is 0 Å². The topological polar surface area (TPSA) is 78.9 Å². The van der Waals surface area contributed by atoms with Crippen LogP contribution in [0.3, 0.4) is 0 Å². The largest absolute Gasteiger partial charge is 0.462 e. The minimum atomic E-state index is -0.848. The number of carbonyl (C=O) groups is 3. The summed E-state index contributed by atoms with van der Waals surface area (Å²) in [5, 5.41) is 0. The first-order valence-electron chi connectivity index (χ1n) is 24.2. The highest BCUT2D eigenvalue weighted by molar-refractivity contribution is 5.71. The first kappa shape index (κ1) is 59.2. The molecular weight excluding hydrogens is 805 g/mol. The van der Waals surface area contributed by atoms with E-state index in [1.807, 2.05) is 158 Å². The smallest absolute Gasteiger partial charge is 0.306 e. The van der Waals surface area contributed by atoms with Crippen LogP contribution in [0.4, 0.5) is 0 Å². The highest BCUT2D eigenvalue weighted by Gasteiger charge is 2.19. The average molecular weight is 887 g/mol. The van der Waals surface area contributed by atoms with E-state index in [-0.39, 0.29) is 50.4 Å². The van der Waals surface area contributed by atoms with E-state index in [9.17, 15) is 14.4 Å². The molecule has 0 aromatic rings. The van der Waals surface area contributed by atoms with Crippen LogP contribution in [0.5, 0.6) is 0 Å². The zero-order valence-corrected chi connectivity index (χ0v) is 40.1. The van der Waals surface area contributed by atoms with Gasteiger partial charge in [-0.3, -0.25) is 14.4 Å². The van der Waals surface area contributed by atoms with Crippen LogP contribution in [0.25, 0.3) is 0 Å². The maximum Gasteiger partial charge on any atom is 0.306 e. The van der Waals surface area contributed by atoms with Gasteiger partial charge in [-0.05, 0) is 77.0 Å². The van der Waals surface area contributed by atoms with Gasteiger partial charge in [0.25, 0.3) is 0 Å². The fourth-order valence-corrected chi connectivity index (χ4v) is 5.45. The fourth-order valence-electron chi connectivity index (χ4n) is 5.45. The minimum absolute atomic E-state index is 0.144. The molecule has 0 saturated carbocycles. The standard InChI is InChI=1S/C59H82O6/c1-4-7-10-13-16-19-22-25-27-28-29-30-32-34-37-40-43-46-49-52-58(61)64-55-56(54-63-57(60)51-48-45-42-39-36-33-24-21-18-15-12-9-6-3)65-59(62)53-50-47-44-41-38-35-31-26-23-20-17-14-11-8-5-2/h7-38,56H,4-6,39-55H2,1-3H3/b10-7-,11-8-,12-9-,16-13-,17-14-,18-15-,22-19-,23-20-,24-21-,27-25-,29-28+,31-26-,32-30-,36-33-,37-34-,38-35-. The summed E-state index contributed by atoms with van der Waals surface area (Å²) in [6.07, 6.45) is 78.3. The highest BCUT2D eigenvalue weighted by atomic mass is 16.6. The molecule has 0 aromatic heterocycles. The van der Waals surface area contributed by atoms with E-state index in [4.69, 9.17) is 14.2 Å². The number of ether oxygens (including phenoxy) is 3. The number of allylic oxidation sites excluding steroid dienone is 32. The Kier molecular flexibility index (Phi) is 46.4. The number of esters is 3. The third kappa shape index (κ3) is 49.1. The molecule has 0 fully saturated rings. The van der Waals surface area contributed by atoms with E-state index < -0.39 is 6.10 Å².